The van der Waals surface area contributed by atoms with Crippen molar-refractivity contribution in [2.24, 2.45) is 0 Å². The first-order chi connectivity index (χ1) is 8.65. The maximum absolute atomic E-state index is 11.5. The zero-order chi connectivity index (χ0) is 13.4. The predicted molar refractivity (Wildman–Crippen MR) is 70.7 cm³/mol. The summed E-state index contributed by atoms with van der Waals surface area (Å²) in [4.78, 5) is 22.7. The monoisotopic (exact) mass is 268 g/mol. The van der Waals surface area contributed by atoms with E-state index in [-0.39, 0.29) is 31.0 Å². The number of ether oxygens (including phenoxy) is 1. The normalized spacial score (nSPS) is 12.1. The van der Waals surface area contributed by atoms with E-state index in [2.05, 4.69) is 0 Å². The fraction of sp³-hybridized carbons (Fsp3) is 0.429. The van der Waals surface area contributed by atoms with Gasteiger partial charge in [-0.3, -0.25) is 9.59 Å². The summed E-state index contributed by atoms with van der Waals surface area (Å²) in [6, 6.07) is 9.69. The van der Waals surface area contributed by atoms with Gasteiger partial charge in [0.2, 0.25) is 0 Å². The third-order valence-corrected chi connectivity index (χ3v) is 3.00. The molecule has 0 fully saturated rings. The lowest BCUT2D eigenvalue weighted by Gasteiger charge is -2.07. The van der Waals surface area contributed by atoms with E-state index >= 15 is 0 Å². The Bertz CT molecular complexity index is 389. The highest BCUT2D eigenvalue weighted by Gasteiger charge is 2.21. The van der Waals surface area contributed by atoms with Crippen molar-refractivity contribution in [2.75, 3.05) is 6.61 Å². The van der Waals surface area contributed by atoms with Crippen LogP contribution in [-0.4, -0.2) is 23.6 Å². The van der Waals surface area contributed by atoms with Crippen molar-refractivity contribution in [1.82, 2.24) is 0 Å². The van der Waals surface area contributed by atoms with Gasteiger partial charge in [0, 0.05) is 12.8 Å². The quantitative estimate of drug-likeness (QED) is 0.414. The lowest BCUT2D eigenvalue weighted by molar-refractivity contribution is -0.126. The van der Waals surface area contributed by atoms with Crippen molar-refractivity contribution in [1.29, 1.82) is 0 Å². The Morgan fingerprint density at radius 2 is 1.89 bits per heavy atom. The minimum atomic E-state index is -1.02. The SMILES string of the molecule is CCC(=O)C(Cl)C(=O)CCOCc1ccccc1. The molecule has 0 aliphatic heterocycles. The zero-order valence-electron chi connectivity index (χ0n) is 10.4. The van der Waals surface area contributed by atoms with E-state index in [0.717, 1.165) is 5.56 Å². The standard InChI is InChI=1S/C14H17ClO3/c1-2-12(16)14(15)13(17)8-9-18-10-11-6-4-3-5-7-11/h3-7,14H,2,8-10H2,1H3. The van der Waals surface area contributed by atoms with Gasteiger partial charge in [-0.25, -0.2) is 0 Å². The number of rotatable bonds is 8. The Morgan fingerprint density at radius 3 is 2.50 bits per heavy atom. The van der Waals surface area contributed by atoms with Crippen molar-refractivity contribution < 1.29 is 14.3 Å². The Labute approximate surface area is 112 Å². The van der Waals surface area contributed by atoms with Crippen molar-refractivity contribution in [3.63, 3.8) is 0 Å². The maximum atomic E-state index is 11.5. The zero-order valence-corrected chi connectivity index (χ0v) is 11.2. The molecule has 0 radical (unpaired) electrons. The number of benzene rings is 1. The molecule has 0 spiro atoms. The Kier molecular flexibility index (Phi) is 6.61. The molecule has 1 aromatic rings. The maximum Gasteiger partial charge on any atom is 0.160 e. The molecule has 98 valence electrons. The van der Waals surface area contributed by atoms with Crippen LogP contribution in [0.25, 0.3) is 0 Å². The van der Waals surface area contributed by atoms with Gasteiger partial charge >= 0.3 is 0 Å². The van der Waals surface area contributed by atoms with Crippen LogP contribution < -0.4 is 0 Å². The van der Waals surface area contributed by atoms with Gasteiger partial charge < -0.3 is 4.74 Å². The molecular formula is C14H17ClO3. The molecule has 1 atom stereocenters. The molecule has 0 amide bonds. The minimum Gasteiger partial charge on any atom is -0.376 e. The molecule has 18 heavy (non-hydrogen) atoms. The lowest BCUT2D eigenvalue weighted by atomic mass is 10.1. The average Bonchev–Trinajstić information content (AvgIpc) is 2.42. The van der Waals surface area contributed by atoms with Crippen LogP contribution in [-0.2, 0) is 20.9 Å². The molecule has 4 heteroatoms. The van der Waals surface area contributed by atoms with Crippen LogP contribution in [0, 0.1) is 0 Å². The highest BCUT2D eigenvalue weighted by molar-refractivity contribution is 6.42. The van der Waals surface area contributed by atoms with E-state index in [4.69, 9.17) is 16.3 Å². The van der Waals surface area contributed by atoms with Crippen LogP contribution in [0.4, 0.5) is 0 Å². The smallest absolute Gasteiger partial charge is 0.160 e. The third kappa shape index (κ3) is 4.98. The second-order valence-electron chi connectivity index (χ2n) is 3.94. The predicted octanol–water partition coefficient (Wildman–Crippen LogP) is 2.75. The second kappa shape index (κ2) is 8.01. The molecule has 0 aliphatic rings. The van der Waals surface area contributed by atoms with Gasteiger partial charge in [0.25, 0.3) is 0 Å². The summed E-state index contributed by atoms with van der Waals surface area (Å²) in [5, 5.41) is -1.02. The van der Waals surface area contributed by atoms with Crippen LogP contribution in [0.3, 0.4) is 0 Å². The molecule has 0 N–H and O–H groups in total. The highest BCUT2D eigenvalue weighted by Crippen LogP contribution is 2.06. The number of hydrogen-bond acceptors (Lipinski definition) is 3. The van der Waals surface area contributed by atoms with E-state index in [1.54, 1.807) is 6.92 Å². The van der Waals surface area contributed by atoms with Crippen molar-refractivity contribution >= 4 is 23.2 Å². The van der Waals surface area contributed by atoms with Crippen LogP contribution >= 0.6 is 11.6 Å². The largest absolute Gasteiger partial charge is 0.376 e. The molecule has 0 saturated carbocycles. The number of hydrogen-bond donors (Lipinski definition) is 0. The molecule has 0 bridgehead atoms. The molecule has 0 saturated heterocycles. The van der Waals surface area contributed by atoms with Crippen LogP contribution in [0.15, 0.2) is 30.3 Å². The molecule has 1 rings (SSSR count). The Balaban J connectivity index is 2.22. The summed E-state index contributed by atoms with van der Waals surface area (Å²) in [7, 11) is 0. The fourth-order valence-electron chi connectivity index (χ4n) is 1.42. The number of halogens is 1. The Morgan fingerprint density at radius 1 is 1.22 bits per heavy atom. The summed E-state index contributed by atoms with van der Waals surface area (Å²) in [5.41, 5.74) is 1.05. The number of carbonyl (C=O) groups excluding carboxylic acids is 2. The van der Waals surface area contributed by atoms with Crippen LogP contribution in [0.5, 0.6) is 0 Å². The van der Waals surface area contributed by atoms with E-state index in [0.29, 0.717) is 6.61 Å². The molecular weight excluding hydrogens is 252 g/mol. The van der Waals surface area contributed by atoms with Crippen molar-refractivity contribution in [2.45, 2.75) is 31.7 Å². The summed E-state index contributed by atoms with van der Waals surface area (Å²) < 4.78 is 5.36. The number of carbonyl (C=O) groups is 2. The minimum absolute atomic E-state index is 0.173. The summed E-state index contributed by atoms with van der Waals surface area (Å²) >= 11 is 5.72. The van der Waals surface area contributed by atoms with Gasteiger partial charge in [-0.15, -0.1) is 11.6 Å². The first-order valence-electron chi connectivity index (χ1n) is 5.96. The first-order valence-corrected chi connectivity index (χ1v) is 6.40. The van der Waals surface area contributed by atoms with E-state index in [1.165, 1.54) is 0 Å². The first kappa shape index (κ1) is 14.9. The molecule has 1 aromatic carbocycles. The number of Topliss-reactive ketones (excluding diaryl/α,β-unsaturated/α-hetero) is 2. The van der Waals surface area contributed by atoms with Gasteiger partial charge in [-0.2, -0.15) is 0 Å². The highest BCUT2D eigenvalue weighted by atomic mass is 35.5. The fourth-order valence-corrected chi connectivity index (χ4v) is 1.69. The van der Waals surface area contributed by atoms with E-state index in [1.807, 2.05) is 30.3 Å². The van der Waals surface area contributed by atoms with Gasteiger partial charge in [0.15, 0.2) is 16.9 Å². The van der Waals surface area contributed by atoms with Gasteiger partial charge in [0.05, 0.1) is 13.2 Å². The van der Waals surface area contributed by atoms with Gasteiger partial charge in [0.1, 0.15) is 0 Å². The topological polar surface area (TPSA) is 43.4 Å². The van der Waals surface area contributed by atoms with Gasteiger partial charge in [-0.05, 0) is 5.56 Å². The van der Waals surface area contributed by atoms with E-state index < -0.39 is 5.38 Å². The summed E-state index contributed by atoms with van der Waals surface area (Å²) in [6.07, 6.45) is 0.456. The van der Waals surface area contributed by atoms with Crippen molar-refractivity contribution in [3.05, 3.63) is 35.9 Å². The Hall–Kier alpha value is -1.19. The second-order valence-corrected chi connectivity index (χ2v) is 4.37. The molecule has 0 heterocycles. The molecule has 0 aromatic heterocycles. The lowest BCUT2D eigenvalue weighted by Crippen LogP contribution is -2.25. The molecule has 3 nitrogen and oxygen atoms in total. The van der Waals surface area contributed by atoms with Crippen molar-refractivity contribution in [3.8, 4) is 0 Å². The number of alkyl halides is 1. The third-order valence-electron chi connectivity index (χ3n) is 2.52. The van der Waals surface area contributed by atoms with E-state index in [9.17, 15) is 9.59 Å². The molecule has 0 aliphatic carbocycles. The number of ketones is 2. The summed E-state index contributed by atoms with van der Waals surface area (Å²) in [5.74, 6) is -0.499. The van der Waals surface area contributed by atoms with Crippen LogP contribution in [0.1, 0.15) is 25.3 Å². The van der Waals surface area contributed by atoms with Gasteiger partial charge in [-0.1, -0.05) is 37.3 Å². The molecule has 1 unspecified atom stereocenters. The summed E-state index contributed by atoms with van der Waals surface area (Å²) in [6.45, 7) is 2.44. The van der Waals surface area contributed by atoms with Crippen LogP contribution in [0.2, 0.25) is 0 Å². The average molecular weight is 269 g/mol.